The SMILES string of the molecule is Nc1cc2c(cc1N1CCC(O)C1)NC(=O)CO2. The van der Waals surface area contributed by atoms with E-state index in [0.717, 1.165) is 18.7 Å². The number of rotatable bonds is 1. The molecule has 0 aliphatic carbocycles. The minimum atomic E-state index is -0.314. The van der Waals surface area contributed by atoms with Crippen molar-refractivity contribution in [2.75, 3.05) is 35.6 Å². The van der Waals surface area contributed by atoms with Gasteiger partial charge in [0.25, 0.3) is 5.91 Å². The maximum Gasteiger partial charge on any atom is 0.262 e. The molecule has 96 valence electrons. The van der Waals surface area contributed by atoms with Crippen LogP contribution in [0.4, 0.5) is 17.1 Å². The summed E-state index contributed by atoms with van der Waals surface area (Å²) in [7, 11) is 0. The molecule has 0 saturated carbocycles. The molecule has 1 amide bonds. The Bertz CT molecular complexity index is 504. The van der Waals surface area contributed by atoms with E-state index in [-0.39, 0.29) is 18.6 Å². The summed E-state index contributed by atoms with van der Waals surface area (Å²) in [6, 6.07) is 3.52. The van der Waals surface area contributed by atoms with Crippen LogP contribution in [-0.4, -0.2) is 36.8 Å². The van der Waals surface area contributed by atoms with Crippen molar-refractivity contribution in [1.29, 1.82) is 0 Å². The Labute approximate surface area is 104 Å². The van der Waals surface area contributed by atoms with Gasteiger partial charge in [-0.2, -0.15) is 0 Å². The van der Waals surface area contributed by atoms with Crippen molar-refractivity contribution >= 4 is 23.0 Å². The second kappa shape index (κ2) is 4.06. The standard InChI is InChI=1S/C12H15N3O3/c13-8-3-11-9(14-12(17)6-18-11)4-10(8)15-2-1-7(16)5-15/h3-4,7,16H,1-2,5-6,13H2,(H,14,17). The lowest BCUT2D eigenvalue weighted by atomic mass is 10.2. The van der Waals surface area contributed by atoms with E-state index in [1.165, 1.54) is 0 Å². The van der Waals surface area contributed by atoms with Gasteiger partial charge in [-0.15, -0.1) is 0 Å². The lowest BCUT2D eigenvalue weighted by Crippen LogP contribution is -2.27. The molecule has 0 spiro atoms. The molecule has 6 nitrogen and oxygen atoms in total. The number of nitrogen functional groups attached to an aromatic ring is 1. The van der Waals surface area contributed by atoms with Crippen LogP contribution in [0.25, 0.3) is 0 Å². The first-order valence-electron chi connectivity index (χ1n) is 5.92. The van der Waals surface area contributed by atoms with E-state index in [1.807, 2.05) is 4.90 Å². The molecule has 18 heavy (non-hydrogen) atoms. The number of ether oxygens (including phenoxy) is 1. The van der Waals surface area contributed by atoms with Crippen LogP contribution < -0.4 is 20.7 Å². The van der Waals surface area contributed by atoms with Crippen molar-refractivity contribution in [3.05, 3.63) is 12.1 Å². The van der Waals surface area contributed by atoms with Crippen molar-refractivity contribution in [3.8, 4) is 5.75 Å². The zero-order chi connectivity index (χ0) is 12.7. The molecule has 1 aromatic carbocycles. The van der Waals surface area contributed by atoms with E-state index in [9.17, 15) is 9.90 Å². The topological polar surface area (TPSA) is 87.8 Å². The Kier molecular flexibility index (Phi) is 2.52. The number of nitrogens with two attached hydrogens (primary N) is 1. The summed E-state index contributed by atoms with van der Waals surface area (Å²) < 4.78 is 5.30. The largest absolute Gasteiger partial charge is 0.482 e. The minimum absolute atomic E-state index is 0.0220. The number of hydrogen-bond acceptors (Lipinski definition) is 5. The Hall–Kier alpha value is -1.95. The number of nitrogens with zero attached hydrogens (tertiary/aromatic N) is 1. The number of nitrogens with one attached hydrogen (secondary N) is 1. The van der Waals surface area contributed by atoms with Crippen LogP contribution in [0.2, 0.25) is 0 Å². The minimum Gasteiger partial charge on any atom is -0.482 e. The van der Waals surface area contributed by atoms with Crippen molar-refractivity contribution in [1.82, 2.24) is 0 Å². The predicted octanol–water partition coefficient (Wildman–Crippen LogP) is 0.171. The van der Waals surface area contributed by atoms with Crippen molar-refractivity contribution in [2.24, 2.45) is 0 Å². The lowest BCUT2D eigenvalue weighted by molar-refractivity contribution is -0.118. The van der Waals surface area contributed by atoms with E-state index >= 15 is 0 Å². The van der Waals surface area contributed by atoms with Crippen LogP contribution in [0.1, 0.15) is 6.42 Å². The summed E-state index contributed by atoms with van der Waals surface area (Å²) >= 11 is 0. The number of anilines is 3. The summed E-state index contributed by atoms with van der Waals surface area (Å²) in [5.74, 6) is 0.426. The molecule has 1 aromatic rings. The monoisotopic (exact) mass is 249 g/mol. The summed E-state index contributed by atoms with van der Waals surface area (Å²) in [5.41, 5.74) is 8.05. The molecule has 2 heterocycles. The van der Waals surface area contributed by atoms with Crippen LogP contribution >= 0.6 is 0 Å². The van der Waals surface area contributed by atoms with Crippen LogP contribution in [0.5, 0.6) is 5.75 Å². The fraction of sp³-hybridized carbons (Fsp3) is 0.417. The highest BCUT2D eigenvalue weighted by Gasteiger charge is 2.25. The fourth-order valence-corrected chi connectivity index (χ4v) is 2.37. The first-order chi connectivity index (χ1) is 8.63. The number of aliphatic hydroxyl groups is 1. The van der Waals surface area contributed by atoms with Crippen molar-refractivity contribution < 1.29 is 14.6 Å². The highest BCUT2D eigenvalue weighted by atomic mass is 16.5. The molecule has 2 aliphatic rings. The number of β-amino-alcohol motifs (C(OH)–C–C–N with tert-alkyl or cyclic N) is 1. The molecule has 1 unspecified atom stereocenters. The van der Waals surface area contributed by atoms with Gasteiger partial charge in [-0.1, -0.05) is 0 Å². The zero-order valence-electron chi connectivity index (χ0n) is 9.85. The number of benzene rings is 1. The molecule has 0 bridgehead atoms. The van der Waals surface area contributed by atoms with Gasteiger partial charge >= 0.3 is 0 Å². The van der Waals surface area contributed by atoms with Gasteiger partial charge in [0.05, 0.1) is 23.2 Å². The lowest BCUT2D eigenvalue weighted by Gasteiger charge is -2.24. The molecule has 0 aromatic heterocycles. The van der Waals surface area contributed by atoms with Gasteiger partial charge in [0.15, 0.2) is 6.61 Å². The van der Waals surface area contributed by atoms with E-state index in [2.05, 4.69) is 5.32 Å². The van der Waals surface area contributed by atoms with E-state index in [0.29, 0.717) is 23.7 Å². The third-order valence-electron chi connectivity index (χ3n) is 3.27. The number of carbonyl (C=O) groups excluding carboxylic acids is 1. The Balaban J connectivity index is 1.95. The summed E-state index contributed by atoms with van der Waals surface area (Å²) in [6.45, 7) is 1.35. The molecule has 3 rings (SSSR count). The Morgan fingerprint density at radius 2 is 2.33 bits per heavy atom. The molecule has 2 aliphatic heterocycles. The van der Waals surface area contributed by atoms with Gasteiger partial charge in [-0.3, -0.25) is 4.79 Å². The van der Waals surface area contributed by atoms with Gasteiger partial charge in [0.2, 0.25) is 0 Å². The number of amides is 1. The molecule has 1 atom stereocenters. The van der Waals surface area contributed by atoms with Gasteiger partial charge in [-0.25, -0.2) is 0 Å². The Morgan fingerprint density at radius 3 is 3.06 bits per heavy atom. The van der Waals surface area contributed by atoms with Crippen LogP contribution in [-0.2, 0) is 4.79 Å². The van der Waals surface area contributed by atoms with Crippen LogP contribution in [0.3, 0.4) is 0 Å². The van der Waals surface area contributed by atoms with Crippen molar-refractivity contribution in [3.63, 3.8) is 0 Å². The number of aliphatic hydroxyl groups excluding tert-OH is 1. The van der Waals surface area contributed by atoms with Gasteiger partial charge in [-0.05, 0) is 12.5 Å². The maximum absolute atomic E-state index is 11.3. The zero-order valence-corrected chi connectivity index (χ0v) is 9.85. The summed E-state index contributed by atoms with van der Waals surface area (Å²) in [4.78, 5) is 13.3. The average Bonchev–Trinajstić information content (AvgIpc) is 2.75. The van der Waals surface area contributed by atoms with Gasteiger partial charge in [0, 0.05) is 19.2 Å². The molecule has 0 radical (unpaired) electrons. The van der Waals surface area contributed by atoms with Crippen LogP contribution in [0.15, 0.2) is 12.1 Å². The second-order valence-electron chi connectivity index (χ2n) is 4.63. The quantitative estimate of drug-likeness (QED) is 0.617. The normalized spacial score (nSPS) is 22.4. The third-order valence-corrected chi connectivity index (χ3v) is 3.27. The molecular weight excluding hydrogens is 234 g/mol. The predicted molar refractivity (Wildman–Crippen MR) is 67.8 cm³/mol. The number of fused-ring (bicyclic) bond motifs is 1. The molecule has 1 saturated heterocycles. The first-order valence-corrected chi connectivity index (χ1v) is 5.92. The smallest absolute Gasteiger partial charge is 0.262 e. The van der Waals surface area contributed by atoms with Gasteiger partial charge in [0.1, 0.15) is 5.75 Å². The van der Waals surface area contributed by atoms with Gasteiger partial charge < -0.3 is 25.8 Å². The second-order valence-corrected chi connectivity index (χ2v) is 4.63. The molecule has 1 fully saturated rings. The number of hydrogen-bond donors (Lipinski definition) is 3. The molecular formula is C12H15N3O3. The molecule has 6 heteroatoms. The fourth-order valence-electron chi connectivity index (χ4n) is 2.37. The summed E-state index contributed by atoms with van der Waals surface area (Å²) in [5, 5.41) is 12.3. The van der Waals surface area contributed by atoms with Crippen LogP contribution in [0, 0.1) is 0 Å². The Morgan fingerprint density at radius 1 is 1.50 bits per heavy atom. The number of carbonyl (C=O) groups is 1. The average molecular weight is 249 g/mol. The van der Waals surface area contributed by atoms with Crippen molar-refractivity contribution in [2.45, 2.75) is 12.5 Å². The van der Waals surface area contributed by atoms with E-state index in [4.69, 9.17) is 10.5 Å². The highest BCUT2D eigenvalue weighted by molar-refractivity contribution is 5.97. The highest BCUT2D eigenvalue weighted by Crippen LogP contribution is 2.37. The summed E-state index contributed by atoms with van der Waals surface area (Å²) in [6.07, 6.45) is 0.422. The first kappa shape index (κ1) is 11.2. The van der Waals surface area contributed by atoms with E-state index in [1.54, 1.807) is 12.1 Å². The molecule has 4 N–H and O–H groups in total. The van der Waals surface area contributed by atoms with E-state index < -0.39 is 0 Å². The third kappa shape index (κ3) is 1.84. The maximum atomic E-state index is 11.3.